The number of fused-ring (bicyclic) bond motifs is 1. The Bertz CT molecular complexity index is 967. The number of aryl methyl sites for hydroxylation is 1. The van der Waals surface area contributed by atoms with Crippen LogP contribution in [0.2, 0.25) is 0 Å². The Morgan fingerprint density at radius 2 is 1.48 bits per heavy atom. The van der Waals surface area contributed by atoms with Gasteiger partial charge in [0.25, 0.3) is 0 Å². The first kappa shape index (κ1) is 22.0. The van der Waals surface area contributed by atoms with E-state index < -0.39 is 7.25 Å². The molecule has 0 saturated heterocycles. The molecule has 0 fully saturated rings. The van der Waals surface area contributed by atoms with Crippen molar-refractivity contribution in [3.05, 3.63) is 66.5 Å². The van der Waals surface area contributed by atoms with Crippen LogP contribution in [0.3, 0.4) is 0 Å². The Hall–Kier alpha value is -3.28. The number of aromatic nitrogens is 1. The lowest BCUT2D eigenvalue weighted by Gasteiger charge is -2.07. The lowest BCUT2D eigenvalue weighted by molar-refractivity contribution is -0.697. The molecule has 1 aromatic heterocycles. The number of benzene rings is 2. The summed E-state index contributed by atoms with van der Waals surface area (Å²) in [5.41, 5.74) is 0.676. The van der Waals surface area contributed by atoms with Gasteiger partial charge in [-0.3, -0.25) is 0 Å². The third-order valence-corrected chi connectivity index (χ3v) is 3.87. The fourth-order valence-corrected chi connectivity index (χ4v) is 2.54. The van der Waals surface area contributed by atoms with Gasteiger partial charge in [-0.15, -0.1) is 0 Å². The minimum atomic E-state index is -6.00. The van der Waals surface area contributed by atoms with E-state index in [-0.39, 0.29) is 0 Å². The highest BCUT2D eigenvalue weighted by molar-refractivity contribution is 6.50. The van der Waals surface area contributed by atoms with E-state index in [4.69, 9.17) is 14.7 Å². The minimum Gasteiger partial charge on any atom is -0.497 e. The van der Waals surface area contributed by atoms with Gasteiger partial charge < -0.3 is 26.7 Å². The fourth-order valence-electron chi connectivity index (χ4n) is 2.54. The number of rotatable bonds is 6. The highest BCUT2D eigenvalue weighted by Gasteiger charge is 2.20. The van der Waals surface area contributed by atoms with Crippen LogP contribution in [0.5, 0.6) is 11.5 Å². The van der Waals surface area contributed by atoms with Crippen LogP contribution < -0.4 is 14.0 Å². The molecule has 0 spiro atoms. The Labute approximate surface area is 166 Å². The molecule has 4 nitrogen and oxygen atoms in total. The molecule has 0 atom stereocenters. The van der Waals surface area contributed by atoms with E-state index >= 15 is 0 Å². The van der Waals surface area contributed by atoms with Crippen molar-refractivity contribution in [1.82, 2.24) is 0 Å². The Balaban J connectivity index is 0.000000537. The van der Waals surface area contributed by atoms with E-state index in [2.05, 4.69) is 10.6 Å². The van der Waals surface area contributed by atoms with Crippen molar-refractivity contribution in [1.29, 1.82) is 5.26 Å². The quantitative estimate of drug-likeness (QED) is 0.256. The molecule has 0 unspecified atom stereocenters. The van der Waals surface area contributed by atoms with Crippen molar-refractivity contribution in [2.45, 2.75) is 13.0 Å². The second-order valence-corrected chi connectivity index (χ2v) is 6.01. The summed E-state index contributed by atoms with van der Waals surface area (Å²) in [4.78, 5) is 0. The maximum absolute atomic E-state index is 9.75. The Morgan fingerprint density at radius 3 is 2.03 bits per heavy atom. The van der Waals surface area contributed by atoms with Gasteiger partial charge in [-0.25, -0.2) is 4.57 Å². The summed E-state index contributed by atoms with van der Waals surface area (Å²) in [6.45, 7) is 1.51. The third kappa shape index (κ3) is 8.09. The van der Waals surface area contributed by atoms with Crippen LogP contribution in [-0.4, -0.2) is 21.0 Å². The number of pyridine rings is 1. The number of methoxy groups -OCH3 is 1. The number of hydrogen-bond donors (Lipinski definition) is 0. The van der Waals surface area contributed by atoms with E-state index in [1.165, 1.54) is 0 Å². The molecule has 0 aliphatic heterocycles. The standard InChI is InChI=1S/C20H19N2O2.BF4/c1-23-19-5-3-18-14-20(6-4-17(18)13-19)24-12-2-9-22-10-7-16(15-21)8-11-22;2-1(3,4)5/h3-8,10-11,13-14H,2,9,12H2,1H3;/q+1;-1. The molecule has 0 N–H and O–H groups in total. The van der Waals surface area contributed by atoms with Crippen LogP contribution in [0, 0.1) is 11.3 Å². The van der Waals surface area contributed by atoms with Crippen LogP contribution >= 0.6 is 0 Å². The number of halogens is 4. The summed E-state index contributed by atoms with van der Waals surface area (Å²) >= 11 is 0. The minimum absolute atomic E-state index is 0.647. The normalized spacial score (nSPS) is 10.6. The predicted molar refractivity (Wildman–Crippen MR) is 102 cm³/mol. The smallest absolute Gasteiger partial charge is 0.497 e. The van der Waals surface area contributed by atoms with Gasteiger partial charge in [-0.2, -0.15) is 5.26 Å². The zero-order valence-electron chi connectivity index (χ0n) is 15.7. The molecule has 3 rings (SSSR count). The van der Waals surface area contributed by atoms with Crippen LogP contribution in [0.1, 0.15) is 12.0 Å². The molecule has 9 heteroatoms. The monoisotopic (exact) mass is 406 g/mol. The van der Waals surface area contributed by atoms with Gasteiger partial charge in [0.05, 0.1) is 25.3 Å². The molecule has 0 aliphatic rings. The molecule has 0 amide bonds. The molecule has 3 aromatic rings. The van der Waals surface area contributed by atoms with Crippen LogP contribution in [-0.2, 0) is 6.54 Å². The molecule has 0 radical (unpaired) electrons. The van der Waals surface area contributed by atoms with E-state index in [9.17, 15) is 17.3 Å². The van der Waals surface area contributed by atoms with Crippen LogP contribution in [0.4, 0.5) is 17.3 Å². The summed E-state index contributed by atoms with van der Waals surface area (Å²) < 4.78 is 52.1. The highest BCUT2D eigenvalue weighted by atomic mass is 19.5. The van der Waals surface area contributed by atoms with Crippen LogP contribution in [0.25, 0.3) is 10.8 Å². The van der Waals surface area contributed by atoms with Crippen molar-refractivity contribution >= 4 is 18.0 Å². The number of nitriles is 1. The van der Waals surface area contributed by atoms with Crippen molar-refractivity contribution in [3.8, 4) is 17.6 Å². The number of nitrogens with zero attached hydrogens (tertiary/aromatic N) is 2. The Morgan fingerprint density at radius 1 is 0.931 bits per heavy atom. The first-order valence-electron chi connectivity index (χ1n) is 8.75. The SMILES string of the molecule is COc1ccc2cc(OCCC[n+]3ccc(C#N)cc3)ccc2c1.F[B-](F)(F)F. The second kappa shape index (κ2) is 10.3. The molecule has 152 valence electrons. The molecule has 2 aromatic carbocycles. The van der Waals surface area contributed by atoms with Crippen molar-refractivity contribution in [2.75, 3.05) is 13.7 Å². The third-order valence-electron chi connectivity index (χ3n) is 3.87. The molecule has 0 bridgehead atoms. The van der Waals surface area contributed by atoms with Gasteiger partial charge in [0.15, 0.2) is 18.9 Å². The zero-order valence-corrected chi connectivity index (χ0v) is 15.7. The lowest BCUT2D eigenvalue weighted by Crippen LogP contribution is -2.33. The summed E-state index contributed by atoms with van der Waals surface area (Å²) in [6.07, 6.45) is 4.74. The average Bonchev–Trinajstić information content (AvgIpc) is 2.70. The van der Waals surface area contributed by atoms with E-state index in [0.717, 1.165) is 35.2 Å². The van der Waals surface area contributed by atoms with E-state index in [1.54, 1.807) is 7.11 Å². The van der Waals surface area contributed by atoms with Crippen LogP contribution in [0.15, 0.2) is 60.9 Å². The van der Waals surface area contributed by atoms with Crippen molar-refractivity contribution in [3.63, 3.8) is 0 Å². The first-order valence-corrected chi connectivity index (χ1v) is 8.75. The maximum atomic E-state index is 9.75. The summed E-state index contributed by atoms with van der Waals surface area (Å²) in [6, 6.07) is 17.8. The number of hydrogen-bond acceptors (Lipinski definition) is 3. The summed E-state index contributed by atoms with van der Waals surface area (Å²) in [5.74, 6) is 1.73. The van der Waals surface area contributed by atoms with Crippen molar-refractivity contribution < 1.29 is 31.3 Å². The van der Waals surface area contributed by atoms with Gasteiger partial charge in [0.1, 0.15) is 11.5 Å². The maximum Gasteiger partial charge on any atom is 0.673 e. The largest absolute Gasteiger partial charge is 0.673 e. The fraction of sp³-hybridized carbons (Fsp3) is 0.200. The van der Waals surface area contributed by atoms with Crippen molar-refractivity contribution in [2.24, 2.45) is 0 Å². The predicted octanol–water partition coefficient (Wildman–Crippen LogP) is 4.78. The van der Waals surface area contributed by atoms with Gasteiger partial charge in [-0.1, -0.05) is 12.1 Å². The molecule has 29 heavy (non-hydrogen) atoms. The molecule has 0 saturated carbocycles. The zero-order chi connectivity index (χ0) is 21.3. The van der Waals surface area contributed by atoms with E-state index in [1.807, 2.05) is 60.9 Å². The summed E-state index contributed by atoms with van der Waals surface area (Å²) in [7, 11) is -4.33. The van der Waals surface area contributed by atoms with Gasteiger partial charge in [0.2, 0.25) is 0 Å². The first-order chi connectivity index (χ1) is 13.8. The topological polar surface area (TPSA) is 46.1 Å². The highest BCUT2D eigenvalue weighted by Crippen LogP contribution is 2.24. The van der Waals surface area contributed by atoms with Gasteiger partial charge in [0, 0.05) is 18.6 Å². The Kier molecular flexibility index (Phi) is 7.83. The summed E-state index contributed by atoms with van der Waals surface area (Å²) in [5, 5.41) is 11.1. The molecular weight excluding hydrogens is 387 g/mol. The van der Waals surface area contributed by atoms with E-state index in [0.29, 0.717) is 12.2 Å². The molecule has 0 aliphatic carbocycles. The second-order valence-electron chi connectivity index (χ2n) is 6.01. The molecular formula is C20H19BF4N2O2. The van der Waals surface area contributed by atoms with Gasteiger partial charge in [-0.05, 0) is 35.0 Å². The van der Waals surface area contributed by atoms with Gasteiger partial charge >= 0.3 is 7.25 Å². The molecule has 1 heterocycles. The number of ether oxygens (including phenoxy) is 2. The average molecular weight is 406 g/mol. The lowest BCUT2D eigenvalue weighted by atomic mass is 10.1.